The molecule has 0 amide bonds. The van der Waals surface area contributed by atoms with E-state index in [1.165, 1.54) is 4.70 Å². The van der Waals surface area contributed by atoms with Gasteiger partial charge < -0.3 is 0 Å². The first-order valence-corrected chi connectivity index (χ1v) is 3.63. The van der Waals surface area contributed by atoms with Gasteiger partial charge in [0.15, 0.2) is 0 Å². The Balaban J connectivity index is 0.000000500. The summed E-state index contributed by atoms with van der Waals surface area (Å²) >= 11 is 1.68. The molecule has 0 bridgehead atoms. The van der Waals surface area contributed by atoms with Crippen molar-refractivity contribution in [2.24, 2.45) is 0 Å². The van der Waals surface area contributed by atoms with E-state index in [1.807, 2.05) is 23.7 Å². The SMILES string of the molecule is [Li+].c1ccc2scnc2c1. The van der Waals surface area contributed by atoms with E-state index in [4.69, 9.17) is 0 Å². The van der Waals surface area contributed by atoms with Crippen LogP contribution in [0.25, 0.3) is 10.2 Å². The minimum atomic E-state index is 0. The van der Waals surface area contributed by atoms with E-state index in [0.29, 0.717) is 0 Å². The Morgan fingerprint density at radius 3 is 2.80 bits per heavy atom. The van der Waals surface area contributed by atoms with Crippen molar-refractivity contribution in [1.29, 1.82) is 0 Å². The Bertz CT molecular complexity index is 288. The number of hydrogen-bond acceptors (Lipinski definition) is 2. The molecule has 2 aromatic rings. The standard InChI is InChI=1S/C7H5NS.Li/c1-2-4-7-6(3-1)8-5-9-7;/h1-5H;/q;+1. The van der Waals surface area contributed by atoms with Gasteiger partial charge in [0.05, 0.1) is 15.7 Å². The normalized spacial score (nSPS) is 9.20. The maximum Gasteiger partial charge on any atom is 1.00 e. The molecule has 0 radical (unpaired) electrons. The molecule has 0 aliphatic rings. The predicted molar refractivity (Wildman–Crippen MR) is 39.6 cm³/mol. The first-order valence-electron chi connectivity index (χ1n) is 2.75. The van der Waals surface area contributed by atoms with Crippen LogP contribution in [0, 0.1) is 0 Å². The Kier molecular flexibility index (Phi) is 2.50. The van der Waals surface area contributed by atoms with Crippen LogP contribution in [0.15, 0.2) is 29.8 Å². The molecule has 1 nitrogen and oxygen atoms in total. The van der Waals surface area contributed by atoms with E-state index in [-0.39, 0.29) is 18.9 Å². The topological polar surface area (TPSA) is 12.9 Å². The molecule has 10 heavy (non-hydrogen) atoms. The van der Waals surface area contributed by atoms with Gasteiger partial charge in [0, 0.05) is 0 Å². The smallest absolute Gasteiger partial charge is 0.245 e. The number of aromatic nitrogens is 1. The molecule has 0 aliphatic carbocycles. The summed E-state index contributed by atoms with van der Waals surface area (Å²) < 4.78 is 1.26. The van der Waals surface area contributed by atoms with Crippen LogP contribution in [0.5, 0.6) is 0 Å². The van der Waals surface area contributed by atoms with Crippen LogP contribution in [0.1, 0.15) is 0 Å². The van der Waals surface area contributed by atoms with Crippen molar-refractivity contribution in [3.8, 4) is 0 Å². The first kappa shape index (κ1) is 7.81. The molecular weight excluding hydrogens is 137 g/mol. The summed E-state index contributed by atoms with van der Waals surface area (Å²) in [5, 5.41) is 0. The van der Waals surface area contributed by atoms with Gasteiger partial charge in [-0.3, -0.25) is 0 Å². The van der Waals surface area contributed by atoms with Crippen LogP contribution < -0.4 is 18.9 Å². The molecule has 0 saturated heterocycles. The van der Waals surface area contributed by atoms with Gasteiger partial charge in [-0.1, -0.05) is 12.1 Å². The average Bonchev–Trinajstić information content (AvgIpc) is 2.33. The van der Waals surface area contributed by atoms with Crippen LogP contribution in [0.2, 0.25) is 0 Å². The number of rotatable bonds is 0. The molecule has 0 unspecified atom stereocenters. The first-order chi connectivity index (χ1) is 4.47. The van der Waals surface area contributed by atoms with Crippen LogP contribution in [0.4, 0.5) is 0 Å². The van der Waals surface area contributed by atoms with Gasteiger partial charge in [0.2, 0.25) is 0 Å². The average molecular weight is 142 g/mol. The third-order valence-corrected chi connectivity index (χ3v) is 2.05. The van der Waals surface area contributed by atoms with Crippen molar-refractivity contribution in [3.63, 3.8) is 0 Å². The molecule has 1 heterocycles. The zero-order valence-electron chi connectivity index (χ0n) is 5.74. The Morgan fingerprint density at radius 1 is 1.20 bits per heavy atom. The fourth-order valence-electron chi connectivity index (χ4n) is 0.803. The van der Waals surface area contributed by atoms with Crippen molar-refractivity contribution in [3.05, 3.63) is 29.8 Å². The van der Waals surface area contributed by atoms with Gasteiger partial charge in [-0.05, 0) is 12.1 Å². The molecule has 0 aliphatic heterocycles. The van der Waals surface area contributed by atoms with Gasteiger partial charge in [0.1, 0.15) is 0 Å². The van der Waals surface area contributed by atoms with E-state index < -0.39 is 0 Å². The summed E-state index contributed by atoms with van der Waals surface area (Å²) in [4.78, 5) is 4.14. The summed E-state index contributed by atoms with van der Waals surface area (Å²) in [6.45, 7) is 0. The predicted octanol–water partition coefficient (Wildman–Crippen LogP) is -0.700. The summed E-state index contributed by atoms with van der Waals surface area (Å²) in [5.41, 5.74) is 2.97. The van der Waals surface area contributed by atoms with Crippen molar-refractivity contribution < 1.29 is 18.9 Å². The fraction of sp³-hybridized carbons (Fsp3) is 0. The number of nitrogens with zero attached hydrogens (tertiary/aromatic N) is 1. The second kappa shape index (κ2) is 3.20. The largest absolute Gasteiger partial charge is 1.00 e. The summed E-state index contributed by atoms with van der Waals surface area (Å²) in [7, 11) is 0. The molecule has 2 rings (SSSR count). The number of para-hydroxylation sites is 1. The Labute approximate surface area is 75.3 Å². The second-order valence-corrected chi connectivity index (χ2v) is 2.71. The van der Waals surface area contributed by atoms with E-state index in [1.54, 1.807) is 11.3 Å². The van der Waals surface area contributed by atoms with E-state index in [9.17, 15) is 0 Å². The van der Waals surface area contributed by atoms with E-state index in [2.05, 4.69) is 11.1 Å². The molecule has 0 fully saturated rings. The van der Waals surface area contributed by atoms with Crippen LogP contribution in [0.3, 0.4) is 0 Å². The maximum atomic E-state index is 4.14. The molecule has 3 heteroatoms. The van der Waals surface area contributed by atoms with Crippen molar-refractivity contribution in [1.82, 2.24) is 4.98 Å². The van der Waals surface area contributed by atoms with Crippen molar-refractivity contribution >= 4 is 21.6 Å². The number of hydrogen-bond donors (Lipinski definition) is 0. The van der Waals surface area contributed by atoms with Crippen LogP contribution >= 0.6 is 11.3 Å². The monoisotopic (exact) mass is 142 g/mol. The van der Waals surface area contributed by atoms with Crippen LogP contribution in [-0.4, -0.2) is 4.98 Å². The Hall–Kier alpha value is -0.293. The third kappa shape index (κ3) is 1.24. The molecule has 1 aromatic heterocycles. The molecule has 0 saturated carbocycles. The Morgan fingerprint density at radius 2 is 2.00 bits per heavy atom. The van der Waals surface area contributed by atoms with Gasteiger partial charge in [-0.15, -0.1) is 11.3 Å². The van der Waals surface area contributed by atoms with Gasteiger partial charge >= 0.3 is 18.9 Å². The summed E-state index contributed by atoms with van der Waals surface area (Å²) in [6.07, 6.45) is 0. The van der Waals surface area contributed by atoms with E-state index in [0.717, 1.165) is 5.52 Å². The van der Waals surface area contributed by atoms with Crippen molar-refractivity contribution in [2.75, 3.05) is 0 Å². The molecule has 0 spiro atoms. The number of benzene rings is 1. The third-order valence-electron chi connectivity index (χ3n) is 1.24. The fourth-order valence-corrected chi connectivity index (χ4v) is 1.48. The number of fused-ring (bicyclic) bond motifs is 1. The minimum Gasteiger partial charge on any atom is -0.245 e. The van der Waals surface area contributed by atoms with Gasteiger partial charge in [0.25, 0.3) is 0 Å². The van der Waals surface area contributed by atoms with E-state index >= 15 is 0 Å². The zero-order chi connectivity index (χ0) is 6.10. The molecule has 1 aromatic carbocycles. The van der Waals surface area contributed by atoms with Gasteiger partial charge in [-0.25, -0.2) is 4.98 Å². The molecule has 0 N–H and O–H groups in total. The molecular formula is C7H5LiNS+. The zero-order valence-corrected chi connectivity index (χ0v) is 6.56. The summed E-state index contributed by atoms with van der Waals surface area (Å²) in [5.74, 6) is 0. The van der Waals surface area contributed by atoms with Crippen LogP contribution in [-0.2, 0) is 0 Å². The quantitative estimate of drug-likeness (QED) is 0.443. The van der Waals surface area contributed by atoms with Crippen molar-refractivity contribution in [2.45, 2.75) is 0 Å². The second-order valence-electron chi connectivity index (χ2n) is 1.82. The minimum absolute atomic E-state index is 0. The van der Waals surface area contributed by atoms with Gasteiger partial charge in [-0.2, -0.15) is 0 Å². The molecule has 44 valence electrons. The molecule has 0 atom stereocenters. The number of thiazole rings is 1. The maximum absolute atomic E-state index is 4.14. The summed E-state index contributed by atoms with van der Waals surface area (Å²) in [6, 6.07) is 8.13.